The highest BCUT2D eigenvalue weighted by Gasteiger charge is 2.36. The van der Waals surface area contributed by atoms with Gasteiger partial charge in [0, 0.05) is 23.9 Å². The van der Waals surface area contributed by atoms with E-state index in [1.54, 1.807) is 9.95 Å². The molecular formula is C28H26F6N4OS. The summed E-state index contributed by atoms with van der Waals surface area (Å²) < 4.78 is 81.1. The predicted octanol–water partition coefficient (Wildman–Crippen LogP) is 7.03. The van der Waals surface area contributed by atoms with E-state index in [9.17, 15) is 31.1 Å². The highest BCUT2D eigenvalue weighted by Crippen LogP contribution is 2.36. The molecule has 0 saturated heterocycles. The van der Waals surface area contributed by atoms with Gasteiger partial charge in [0.2, 0.25) is 0 Å². The fourth-order valence-corrected chi connectivity index (χ4v) is 5.13. The molecule has 1 aromatic heterocycles. The Hall–Kier alpha value is -3.64. The first-order valence-electron chi connectivity index (χ1n) is 12.4. The van der Waals surface area contributed by atoms with E-state index in [-0.39, 0.29) is 17.3 Å². The average Bonchev–Trinajstić information content (AvgIpc) is 3.31. The molecule has 3 N–H and O–H groups in total. The molecule has 0 aliphatic rings. The molecule has 0 aliphatic heterocycles. The molecule has 3 aromatic carbocycles. The summed E-state index contributed by atoms with van der Waals surface area (Å²) in [6.45, 7) is 0.425. The molecule has 4 aromatic rings. The maximum Gasteiger partial charge on any atom is 0.416 e. The van der Waals surface area contributed by atoms with E-state index in [4.69, 9.17) is 10.7 Å². The van der Waals surface area contributed by atoms with Gasteiger partial charge in [0.1, 0.15) is 5.69 Å². The van der Waals surface area contributed by atoms with Crippen molar-refractivity contribution in [2.75, 3.05) is 6.54 Å². The van der Waals surface area contributed by atoms with E-state index in [0.29, 0.717) is 42.1 Å². The Balaban J connectivity index is 1.65. The first-order chi connectivity index (χ1) is 19.0. The lowest BCUT2D eigenvalue weighted by atomic mass is 10.0. The van der Waals surface area contributed by atoms with Crippen LogP contribution in [-0.4, -0.2) is 17.0 Å². The number of carbonyl (C=O) groups is 1. The first kappa shape index (κ1) is 29.3. The second-order valence-corrected chi connectivity index (χ2v) is 9.95. The van der Waals surface area contributed by atoms with Crippen molar-refractivity contribution in [3.05, 3.63) is 93.2 Å². The van der Waals surface area contributed by atoms with Crippen molar-refractivity contribution < 1.29 is 31.1 Å². The quantitative estimate of drug-likeness (QED) is 0.165. The summed E-state index contributed by atoms with van der Waals surface area (Å²) in [5.41, 5.74) is 3.31. The van der Waals surface area contributed by atoms with Crippen LogP contribution >= 0.6 is 11.3 Å². The van der Waals surface area contributed by atoms with Gasteiger partial charge in [0.15, 0.2) is 4.80 Å². The zero-order valence-electron chi connectivity index (χ0n) is 21.1. The van der Waals surface area contributed by atoms with Gasteiger partial charge < -0.3 is 15.6 Å². The molecule has 0 atom stereocenters. The monoisotopic (exact) mass is 580 g/mol. The summed E-state index contributed by atoms with van der Waals surface area (Å²) in [7, 11) is 0. The first-order valence-corrected chi connectivity index (χ1v) is 13.3. The van der Waals surface area contributed by atoms with Gasteiger partial charge in [-0.1, -0.05) is 42.8 Å². The Morgan fingerprint density at radius 3 is 2.25 bits per heavy atom. The van der Waals surface area contributed by atoms with E-state index in [1.807, 2.05) is 42.5 Å². The summed E-state index contributed by atoms with van der Waals surface area (Å²) in [5.74, 6) is -0.639. The van der Waals surface area contributed by atoms with Gasteiger partial charge in [0.25, 0.3) is 5.91 Å². The molecule has 0 fully saturated rings. The van der Waals surface area contributed by atoms with Crippen LogP contribution in [0.4, 0.5) is 32.0 Å². The molecular weight excluding hydrogens is 554 g/mol. The van der Waals surface area contributed by atoms with Gasteiger partial charge in [0.05, 0.1) is 16.8 Å². The SMILES string of the molecule is NCCCCCn1c(C(=O)NCc2cc(C(F)(F)F)cc(C(F)(F)F)c2)csc1=Nc1cccc2ccccc12. The Morgan fingerprint density at radius 2 is 1.57 bits per heavy atom. The van der Waals surface area contributed by atoms with Gasteiger partial charge in [-0.25, -0.2) is 4.99 Å². The fourth-order valence-electron chi connectivity index (χ4n) is 4.21. The lowest BCUT2D eigenvalue weighted by Crippen LogP contribution is -2.29. The minimum Gasteiger partial charge on any atom is -0.347 e. The van der Waals surface area contributed by atoms with Crippen LogP contribution in [0.1, 0.15) is 46.4 Å². The Morgan fingerprint density at radius 1 is 0.900 bits per heavy atom. The molecule has 0 radical (unpaired) electrons. The van der Waals surface area contributed by atoms with Crippen LogP contribution < -0.4 is 15.9 Å². The van der Waals surface area contributed by atoms with Crippen molar-refractivity contribution in [3.8, 4) is 0 Å². The molecule has 5 nitrogen and oxygen atoms in total. The second-order valence-electron chi connectivity index (χ2n) is 9.11. The van der Waals surface area contributed by atoms with Gasteiger partial charge in [-0.05, 0) is 54.6 Å². The normalized spacial score (nSPS) is 12.7. The van der Waals surface area contributed by atoms with Gasteiger partial charge >= 0.3 is 12.4 Å². The number of rotatable bonds is 9. The molecule has 0 unspecified atom stereocenters. The number of unbranched alkanes of at least 4 members (excludes halogenated alkanes) is 2. The predicted molar refractivity (Wildman–Crippen MR) is 142 cm³/mol. The van der Waals surface area contributed by atoms with Gasteiger partial charge in [-0.2, -0.15) is 26.3 Å². The van der Waals surface area contributed by atoms with Crippen molar-refractivity contribution in [1.29, 1.82) is 0 Å². The highest BCUT2D eigenvalue weighted by molar-refractivity contribution is 7.07. The summed E-state index contributed by atoms with van der Waals surface area (Å²) in [6.07, 6.45) is -7.66. The van der Waals surface area contributed by atoms with Crippen molar-refractivity contribution in [3.63, 3.8) is 0 Å². The van der Waals surface area contributed by atoms with Gasteiger partial charge in [-0.3, -0.25) is 4.79 Å². The molecule has 212 valence electrons. The maximum absolute atomic E-state index is 13.2. The average molecular weight is 581 g/mol. The van der Waals surface area contributed by atoms with E-state index in [1.165, 1.54) is 11.3 Å². The minimum atomic E-state index is -4.97. The van der Waals surface area contributed by atoms with E-state index < -0.39 is 35.9 Å². The number of thiazole rings is 1. The lowest BCUT2D eigenvalue weighted by molar-refractivity contribution is -0.143. The number of alkyl halides is 6. The van der Waals surface area contributed by atoms with Crippen LogP contribution in [-0.2, 0) is 25.4 Å². The molecule has 0 bridgehead atoms. The number of hydrogen-bond donors (Lipinski definition) is 2. The molecule has 40 heavy (non-hydrogen) atoms. The maximum atomic E-state index is 13.2. The van der Waals surface area contributed by atoms with Crippen LogP contribution in [0.5, 0.6) is 0 Å². The summed E-state index contributed by atoms with van der Waals surface area (Å²) in [5, 5.41) is 5.96. The number of hydrogen-bond acceptors (Lipinski definition) is 4. The summed E-state index contributed by atoms with van der Waals surface area (Å²) in [6, 6.07) is 14.7. The van der Waals surface area contributed by atoms with Crippen molar-refractivity contribution >= 4 is 33.7 Å². The van der Waals surface area contributed by atoms with Crippen molar-refractivity contribution in [2.24, 2.45) is 10.7 Å². The molecule has 4 rings (SSSR count). The Bertz CT molecular complexity index is 1520. The summed E-state index contributed by atoms with van der Waals surface area (Å²) in [4.78, 5) is 18.5. The second kappa shape index (κ2) is 12.3. The molecule has 1 amide bonds. The third-order valence-corrected chi connectivity index (χ3v) is 7.06. The standard InChI is InChI=1S/C28H26F6N4OS/c29-27(30,31)20-13-18(14-21(15-20)28(32,33)34)16-36-25(39)24-17-40-26(38(24)12-5-1-4-11-35)37-23-10-6-8-19-7-2-3-9-22(19)23/h2-3,6-10,13-15,17H,1,4-5,11-12,16,35H2,(H,36,39). The lowest BCUT2D eigenvalue weighted by Gasteiger charge is -2.15. The smallest absolute Gasteiger partial charge is 0.347 e. The molecule has 1 heterocycles. The number of nitrogens with one attached hydrogen (secondary N) is 1. The topological polar surface area (TPSA) is 72.4 Å². The Labute approximate surface area is 230 Å². The van der Waals surface area contributed by atoms with E-state index in [0.717, 1.165) is 23.6 Å². The fraction of sp³-hybridized carbons (Fsp3) is 0.286. The number of aromatic nitrogens is 1. The van der Waals surface area contributed by atoms with Gasteiger partial charge in [-0.15, -0.1) is 11.3 Å². The van der Waals surface area contributed by atoms with E-state index >= 15 is 0 Å². The Kier molecular flexibility index (Phi) is 8.99. The van der Waals surface area contributed by atoms with E-state index in [2.05, 4.69) is 5.32 Å². The molecule has 0 saturated carbocycles. The number of halogens is 6. The van der Waals surface area contributed by atoms with Crippen molar-refractivity contribution in [2.45, 2.75) is 44.7 Å². The van der Waals surface area contributed by atoms with Crippen LogP contribution in [0, 0.1) is 0 Å². The third kappa shape index (κ3) is 7.11. The number of carbonyl (C=O) groups excluding carboxylic acids is 1. The van der Waals surface area contributed by atoms with Crippen LogP contribution in [0.25, 0.3) is 10.8 Å². The molecule has 0 aliphatic carbocycles. The number of amides is 1. The number of benzene rings is 3. The van der Waals surface area contributed by atoms with Crippen molar-refractivity contribution in [1.82, 2.24) is 9.88 Å². The summed E-state index contributed by atoms with van der Waals surface area (Å²) >= 11 is 1.22. The zero-order chi connectivity index (χ0) is 28.9. The highest BCUT2D eigenvalue weighted by atomic mass is 32.1. The van der Waals surface area contributed by atoms with Crippen LogP contribution in [0.15, 0.2) is 71.0 Å². The number of nitrogens with zero attached hydrogens (tertiary/aromatic N) is 2. The number of fused-ring (bicyclic) bond motifs is 1. The minimum absolute atomic E-state index is 0.0561. The molecule has 0 spiro atoms. The third-order valence-electron chi connectivity index (χ3n) is 6.20. The number of nitrogens with two attached hydrogens (primary N) is 1. The van der Waals surface area contributed by atoms with Crippen LogP contribution in [0.2, 0.25) is 0 Å². The zero-order valence-corrected chi connectivity index (χ0v) is 22.0. The largest absolute Gasteiger partial charge is 0.416 e. The van der Waals surface area contributed by atoms with Crippen LogP contribution in [0.3, 0.4) is 0 Å². The molecule has 12 heteroatoms.